The average Bonchev–Trinajstić information content (AvgIpc) is 2.78. The Bertz CT molecular complexity index is 582. The minimum Gasteiger partial charge on any atom is -0.323 e. The van der Waals surface area contributed by atoms with E-state index in [1.54, 1.807) is 12.1 Å². The maximum Gasteiger partial charge on any atom is 0.126 e. The number of imidazole rings is 1. The van der Waals surface area contributed by atoms with Crippen LogP contribution in [-0.2, 0) is 0 Å². The first-order valence-corrected chi connectivity index (χ1v) is 7.10. The highest BCUT2D eigenvalue weighted by atomic mass is 19.1. The van der Waals surface area contributed by atoms with Crippen LogP contribution in [0.3, 0.4) is 0 Å². The molecule has 1 fully saturated rings. The lowest BCUT2D eigenvalue weighted by molar-refractivity contribution is 0.348. The van der Waals surface area contributed by atoms with E-state index in [1.165, 1.54) is 25.3 Å². The molecule has 0 aliphatic heterocycles. The lowest BCUT2D eigenvalue weighted by Gasteiger charge is -2.26. The molecule has 1 aliphatic carbocycles. The molecule has 2 aromatic rings. The summed E-state index contributed by atoms with van der Waals surface area (Å²) < 4.78 is 15.7. The summed E-state index contributed by atoms with van der Waals surface area (Å²) in [4.78, 5) is 4.60. The fraction of sp³-hybridized carbons (Fsp3) is 0.533. The maximum absolute atomic E-state index is 13.5. The number of aromatic nitrogens is 2. The van der Waals surface area contributed by atoms with Gasteiger partial charge in [-0.3, -0.25) is 0 Å². The summed E-state index contributed by atoms with van der Waals surface area (Å²) >= 11 is 0. The Morgan fingerprint density at radius 3 is 2.74 bits per heavy atom. The summed E-state index contributed by atoms with van der Waals surface area (Å²) in [5.74, 6) is 0.674. The molecule has 19 heavy (non-hydrogen) atoms. The van der Waals surface area contributed by atoms with Crippen LogP contribution in [0, 0.1) is 5.82 Å². The highest BCUT2D eigenvalue weighted by Gasteiger charge is 2.23. The zero-order chi connectivity index (χ0) is 13.4. The van der Waals surface area contributed by atoms with E-state index < -0.39 is 0 Å². The number of fused-ring (bicyclic) bond motifs is 1. The van der Waals surface area contributed by atoms with Gasteiger partial charge in [0.25, 0.3) is 0 Å². The van der Waals surface area contributed by atoms with E-state index in [9.17, 15) is 4.39 Å². The monoisotopic (exact) mass is 261 g/mol. The van der Waals surface area contributed by atoms with Gasteiger partial charge >= 0.3 is 0 Å². The van der Waals surface area contributed by atoms with Crippen molar-refractivity contribution in [1.82, 2.24) is 9.55 Å². The first-order valence-electron chi connectivity index (χ1n) is 7.10. The SMILES string of the molecule is CC(N)c1nc2ccc(F)cc2n1C1CCCCC1. The van der Waals surface area contributed by atoms with Crippen molar-refractivity contribution in [3.63, 3.8) is 0 Å². The quantitative estimate of drug-likeness (QED) is 0.895. The fourth-order valence-corrected chi connectivity index (χ4v) is 3.13. The summed E-state index contributed by atoms with van der Waals surface area (Å²) in [6, 6.07) is 5.09. The molecule has 1 unspecified atom stereocenters. The van der Waals surface area contributed by atoms with Gasteiger partial charge in [-0.25, -0.2) is 9.37 Å². The normalized spacial score (nSPS) is 18.9. The molecule has 3 rings (SSSR count). The van der Waals surface area contributed by atoms with Gasteiger partial charge in [-0.1, -0.05) is 19.3 Å². The highest BCUT2D eigenvalue weighted by molar-refractivity contribution is 5.76. The molecule has 102 valence electrons. The van der Waals surface area contributed by atoms with Crippen LogP contribution in [0.5, 0.6) is 0 Å². The Kier molecular flexibility index (Phi) is 3.27. The molecule has 1 heterocycles. The number of nitrogens with zero attached hydrogens (tertiary/aromatic N) is 2. The standard InChI is InChI=1S/C15H20FN3/c1-10(17)15-18-13-8-7-11(16)9-14(13)19(15)12-5-3-2-4-6-12/h7-10,12H,2-6,17H2,1H3. The molecule has 1 aromatic carbocycles. The van der Waals surface area contributed by atoms with Gasteiger partial charge in [0.15, 0.2) is 0 Å². The van der Waals surface area contributed by atoms with Gasteiger partial charge in [0.05, 0.1) is 17.1 Å². The van der Waals surface area contributed by atoms with Gasteiger partial charge < -0.3 is 10.3 Å². The minimum atomic E-state index is -0.208. The van der Waals surface area contributed by atoms with Gasteiger partial charge in [-0.15, -0.1) is 0 Å². The van der Waals surface area contributed by atoms with Gasteiger partial charge in [-0.2, -0.15) is 0 Å². The molecule has 1 aromatic heterocycles. The summed E-state index contributed by atoms with van der Waals surface area (Å²) in [6.45, 7) is 1.94. The van der Waals surface area contributed by atoms with Crippen molar-refractivity contribution < 1.29 is 4.39 Å². The molecular weight excluding hydrogens is 241 g/mol. The topological polar surface area (TPSA) is 43.8 Å². The third kappa shape index (κ3) is 2.25. The van der Waals surface area contributed by atoms with Crippen molar-refractivity contribution in [1.29, 1.82) is 0 Å². The van der Waals surface area contributed by atoms with Crippen molar-refractivity contribution >= 4 is 11.0 Å². The zero-order valence-corrected chi connectivity index (χ0v) is 11.3. The molecule has 0 amide bonds. The molecule has 1 saturated carbocycles. The van der Waals surface area contributed by atoms with Gasteiger partial charge in [-0.05, 0) is 38.0 Å². The predicted octanol–water partition coefficient (Wildman–Crippen LogP) is 3.70. The molecule has 0 saturated heterocycles. The second kappa shape index (κ2) is 4.93. The Labute approximate surface area is 112 Å². The minimum absolute atomic E-state index is 0.127. The molecule has 3 nitrogen and oxygen atoms in total. The summed E-state index contributed by atoms with van der Waals surface area (Å²) in [5, 5.41) is 0. The van der Waals surface area contributed by atoms with Crippen LogP contribution in [0.15, 0.2) is 18.2 Å². The van der Waals surface area contributed by atoms with E-state index in [0.29, 0.717) is 6.04 Å². The largest absolute Gasteiger partial charge is 0.323 e. The highest BCUT2D eigenvalue weighted by Crippen LogP contribution is 2.33. The first-order chi connectivity index (χ1) is 9.16. The molecular formula is C15H20FN3. The summed E-state index contributed by atoms with van der Waals surface area (Å²) in [6.07, 6.45) is 6.05. The summed E-state index contributed by atoms with van der Waals surface area (Å²) in [7, 11) is 0. The van der Waals surface area contributed by atoms with E-state index in [4.69, 9.17) is 5.73 Å². The van der Waals surface area contributed by atoms with Gasteiger partial charge in [0.1, 0.15) is 11.6 Å². The van der Waals surface area contributed by atoms with Crippen molar-refractivity contribution in [3.8, 4) is 0 Å². The number of benzene rings is 1. The maximum atomic E-state index is 13.5. The number of hydrogen-bond donors (Lipinski definition) is 1. The Morgan fingerprint density at radius 2 is 2.05 bits per heavy atom. The van der Waals surface area contributed by atoms with Crippen LogP contribution in [0.2, 0.25) is 0 Å². The molecule has 2 N–H and O–H groups in total. The fourth-order valence-electron chi connectivity index (χ4n) is 3.13. The molecule has 0 spiro atoms. The van der Waals surface area contributed by atoms with E-state index in [1.807, 2.05) is 6.92 Å². The van der Waals surface area contributed by atoms with Crippen LogP contribution in [-0.4, -0.2) is 9.55 Å². The number of hydrogen-bond acceptors (Lipinski definition) is 2. The third-order valence-electron chi connectivity index (χ3n) is 4.03. The lowest BCUT2D eigenvalue weighted by Crippen LogP contribution is -2.19. The predicted molar refractivity (Wildman–Crippen MR) is 74.4 cm³/mol. The van der Waals surface area contributed by atoms with E-state index >= 15 is 0 Å². The van der Waals surface area contributed by atoms with Gasteiger partial charge in [0.2, 0.25) is 0 Å². The van der Waals surface area contributed by atoms with Crippen molar-refractivity contribution in [2.45, 2.75) is 51.1 Å². The number of nitrogens with two attached hydrogens (primary N) is 1. The van der Waals surface area contributed by atoms with Crippen LogP contribution in [0.25, 0.3) is 11.0 Å². The Balaban J connectivity index is 2.17. The molecule has 1 aliphatic rings. The second-order valence-corrected chi connectivity index (χ2v) is 5.55. The molecule has 1 atom stereocenters. The third-order valence-corrected chi connectivity index (χ3v) is 4.03. The average molecular weight is 261 g/mol. The van der Waals surface area contributed by atoms with Crippen molar-refractivity contribution in [2.24, 2.45) is 5.73 Å². The Hall–Kier alpha value is -1.42. The smallest absolute Gasteiger partial charge is 0.126 e. The second-order valence-electron chi connectivity index (χ2n) is 5.55. The first kappa shape index (κ1) is 12.6. The number of halogens is 1. The van der Waals surface area contributed by atoms with Crippen LogP contribution in [0.1, 0.15) is 56.9 Å². The lowest BCUT2D eigenvalue weighted by atomic mass is 9.95. The molecule has 0 radical (unpaired) electrons. The molecule has 4 heteroatoms. The van der Waals surface area contributed by atoms with E-state index in [0.717, 1.165) is 29.7 Å². The summed E-state index contributed by atoms with van der Waals surface area (Å²) in [5.41, 5.74) is 7.78. The van der Waals surface area contributed by atoms with Crippen LogP contribution >= 0.6 is 0 Å². The van der Waals surface area contributed by atoms with Gasteiger partial charge in [0, 0.05) is 6.04 Å². The molecule has 0 bridgehead atoms. The van der Waals surface area contributed by atoms with Crippen molar-refractivity contribution in [3.05, 3.63) is 29.8 Å². The van der Waals surface area contributed by atoms with E-state index in [-0.39, 0.29) is 11.9 Å². The number of rotatable bonds is 2. The van der Waals surface area contributed by atoms with E-state index in [2.05, 4.69) is 9.55 Å². The van der Waals surface area contributed by atoms with Crippen LogP contribution < -0.4 is 5.73 Å². The zero-order valence-electron chi connectivity index (χ0n) is 11.3. The Morgan fingerprint density at radius 1 is 1.32 bits per heavy atom. The van der Waals surface area contributed by atoms with Crippen molar-refractivity contribution in [2.75, 3.05) is 0 Å². The van der Waals surface area contributed by atoms with Crippen LogP contribution in [0.4, 0.5) is 4.39 Å².